The van der Waals surface area contributed by atoms with Crippen LogP contribution in [0, 0.1) is 13.8 Å². The van der Waals surface area contributed by atoms with Gasteiger partial charge in [0, 0.05) is 18.0 Å². The van der Waals surface area contributed by atoms with E-state index in [0.717, 1.165) is 11.1 Å². The first-order chi connectivity index (χ1) is 10.9. The third kappa shape index (κ3) is 4.23. The fraction of sp³-hybridized carbons (Fsp3) is 0.111. The predicted molar refractivity (Wildman–Crippen MR) is 95.5 cm³/mol. The Hall–Kier alpha value is -2.53. The van der Waals surface area contributed by atoms with Gasteiger partial charge in [-0.25, -0.2) is 0 Å². The number of hydrogen-bond acceptors (Lipinski definition) is 3. The Balaban J connectivity index is 2.40. The second-order valence-corrected chi connectivity index (χ2v) is 6.68. The Bertz CT molecular complexity index is 864. The molecule has 5 heteroatoms. The molecular weight excluding hydrogens is 308 g/mol. The molecule has 0 aliphatic rings. The van der Waals surface area contributed by atoms with Crippen molar-refractivity contribution < 1.29 is 8.42 Å². The van der Waals surface area contributed by atoms with Gasteiger partial charge in [-0.15, -0.1) is 0 Å². The summed E-state index contributed by atoms with van der Waals surface area (Å²) in [7, 11) is -3.73. The van der Waals surface area contributed by atoms with E-state index in [1.807, 2.05) is 26.0 Å². The highest BCUT2D eigenvalue weighted by atomic mass is 32.2. The largest absolute Gasteiger partial charge is 0.282 e. The average molecular weight is 326 g/mol. The number of hydrogen-bond donors (Lipinski definition) is 0. The highest BCUT2D eigenvalue weighted by molar-refractivity contribution is 7.90. The van der Waals surface area contributed by atoms with E-state index in [1.165, 1.54) is 6.21 Å². The Morgan fingerprint density at radius 3 is 2.39 bits per heavy atom. The molecule has 0 fully saturated rings. The number of rotatable bonds is 5. The van der Waals surface area contributed by atoms with Crippen molar-refractivity contribution in [2.75, 3.05) is 0 Å². The lowest BCUT2D eigenvalue weighted by molar-refractivity contribution is 0.598. The van der Waals surface area contributed by atoms with Crippen LogP contribution in [0.3, 0.4) is 0 Å². The summed E-state index contributed by atoms with van der Waals surface area (Å²) in [6.07, 6.45) is 4.46. The van der Waals surface area contributed by atoms with Crippen molar-refractivity contribution in [1.82, 2.24) is 0 Å². The molecule has 0 bridgehead atoms. The number of aliphatic imine (C=N–C) groups is 1. The van der Waals surface area contributed by atoms with E-state index in [-0.39, 0.29) is 4.90 Å². The van der Waals surface area contributed by atoms with E-state index in [9.17, 15) is 8.42 Å². The van der Waals surface area contributed by atoms with E-state index in [1.54, 1.807) is 42.6 Å². The molecule has 2 aromatic carbocycles. The number of allylic oxidation sites excluding steroid dienone is 1. The summed E-state index contributed by atoms with van der Waals surface area (Å²) in [6, 6.07) is 12.1. The molecule has 4 nitrogen and oxygen atoms in total. The van der Waals surface area contributed by atoms with E-state index < -0.39 is 10.0 Å². The van der Waals surface area contributed by atoms with Gasteiger partial charge in [-0.3, -0.25) is 4.99 Å². The molecule has 0 heterocycles. The second-order valence-electron chi connectivity index (χ2n) is 5.05. The zero-order chi connectivity index (χ0) is 16.9. The lowest BCUT2D eigenvalue weighted by Gasteiger charge is -2.04. The van der Waals surface area contributed by atoms with E-state index in [0.29, 0.717) is 11.3 Å². The van der Waals surface area contributed by atoms with Crippen LogP contribution in [0.1, 0.15) is 16.7 Å². The van der Waals surface area contributed by atoms with Crippen LogP contribution in [0.5, 0.6) is 0 Å². The summed E-state index contributed by atoms with van der Waals surface area (Å²) >= 11 is 0. The van der Waals surface area contributed by atoms with Crippen LogP contribution in [0.4, 0.5) is 5.69 Å². The molecule has 0 N–H and O–H groups in total. The fourth-order valence-electron chi connectivity index (χ4n) is 1.99. The van der Waals surface area contributed by atoms with Crippen LogP contribution in [0.25, 0.3) is 0 Å². The average Bonchev–Trinajstić information content (AvgIpc) is 2.52. The van der Waals surface area contributed by atoms with Gasteiger partial charge in [0.2, 0.25) is 0 Å². The minimum absolute atomic E-state index is 0.170. The molecule has 2 aromatic rings. The van der Waals surface area contributed by atoms with Gasteiger partial charge >= 0.3 is 0 Å². The lowest BCUT2D eigenvalue weighted by Crippen LogP contribution is -1.98. The smallest absolute Gasteiger partial charge is 0.256 e. The van der Waals surface area contributed by atoms with Gasteiger partial charge in [-0.05, 0) is 31.5 Å². The maximum absolute atomic E-state index is 12.3. The molecule has 0 aliphatic heterocycles. The van der Waals surface area contributed by atoms with Crippen molar-refractivity contribution in [2.24, 2.45) is 9.39 Å². The number of aryl methyl sites for hydroxylation is 2. The highest BCUT2D eigenvalue weighted by Gasteiger charge is 2.11. The molecule has 118 valence electrons. The Morgan fingerprint density at radius 2 is 1.74 bits per heavy atom. The molecule has 0 saturated carbocycles. The minimum atomic E-state index is -3.73. The fourth-order valence-corrected chi connectivity index (χ4v) is 2.84. The summed E-state index contributed by atoms with van der Waals surface area (Å²) in [5.41, 5.74) is 3.24. The maximum Gasteiger partial charge on any atom is 0.282 e. The first-order valence-corrected chi connectivity index (χ1v) is 8.50. The SMILES string of the molecule is C=C/C=N\c1c(C)cccc1/C=N/S(=O)(=O)c1ccc(C)cc1. The van der Waals surface area contributed by atoms with Crippen molar-refractivity contribution >= 4 is 28.1 Å². The molecule has 2 rings (SSSR count). The second kappa shape index (κ2) is 7.15. The topological polar surface area (TPSA) is 58.9 Å². The van der Waals surface area contributed by atoms with E-state index in [4.69, 9.17) is 0 Å². The molecule has 0 spiro atoms. The first kappa shape index (κ1) is 16.8. The molecule has 0 radical (unpaired) electrons. The van der Waals surface area contributed by atoms with Crippen LogP contribution < -0.4 is 0 Å². The van der Waals surface area contributed by atoms with Gasteiger partial charge < -0.3 is 0 Å². The summed E-state index contributed by atoms with van der Waals surface area (Å²) < 4.78 is 28.3. The Labute approximate surface area is 137 Å². The van der Waals surface area contributed by atoms with Gasteiger partial charge in [-0.1, -0.05) is 48.6 Å². The van der Waals surface area contributed by atoms with Crippen LogP contribution >= 0.6 is 0 Å². The summed E-state index contributed by atoms with van der Waals surface area (Å²) in [4.78, 5) is 4.45. The molecule has 0 amide bonds. The van der Waals surface area contributed by atoms with Crippen LogP contribution in [0.15, 0.2) is 69.4 Å². The third-order valence-electron chi connectivity index (χ3n) is 3.23. The van der Waals surface area contributed by atoms with Gasteiger partial charge in [0.05, 0.1) is 10.6 Å². The molecule has 0 aliphatic carbocycles. The number of sulfonamides is 1. The molecule has 0 unspecified atom stereocenters. The van der Waals surface area contributed by atoms with Gasteiger partial charge in [-0.2, -0.15) is 12.8 Å². The Kier molecular flexibility index (Phi) is 5.24. The molecule has 0 atom stereocenters. The maximum atomic E-state index is 12.3. The van der Waals surface area contributed by atoms with Crippen molar-refractivity contribution in [3.05, 3.63) is 71.8 Å². The Morgan fingerprint density at radius 1 is 1.04 bits per heavy atom. The van der Waals surface area contributed by atoms with Crippen molar-refractivity contribution in [3.63, 3.8) is 0 Å². The zero-order valence-corrected chi connectivity index (χ0v) is 13.9. The highest BCUT2D eigenvalue weighted by Crippen LogP contribution is 2.23. The standard InChI is InChI=1S/C18H18N2O2S/c1-4-12-19-18-15(3)6-5-7-16(18)13-20-23(21,22)17-10-8-14(2)9-11-17/h4-13H,1H2,2-3H3/b19-12-,20-13+. The quantitative estimate of drug-likeness (QED) is 0.780. The normalized spacial score (nSPS) is 12.1. The minimum Gasteiger partial charge on any atom is -0.256 e. The molecule has 23 heavy (non-hydrogen) atoms. The van der Waals surface area contributed by atoms with Crippen LogP contribution in [0.2, 0.25) is 0 Å². The summed E-state index contributed by atoms with van der Waals surface area (Å²) in [6.45, 7) is 7.39. The van der Waals surface area contributed by atoms with Gasteiger partial charge in [0.15, 0.2) is 0 Å². The third-order valence-corrected chi connectivity index (χ3v) is 4.48. The predicted octanol–water partition coefficient (Wildman–Crippen LogP) is 4.00. The lowest BCUT2D eigenvalue weighted by atomic mass is 10.1. The monoisotopic (exact) mass is 326 g/mol. The van der Waals surface area contributed by atoms with Crippen molar-refractivity contribution in [3.8, 4) is 0 Å². The molecule has 0 aromatic heterocycles. The van der Waals surface area contributed by atoms with Crippen molar-refractivity contribution in [2.45, 2.75) is 18.7 Å². The van der Waals surface area contributed by atoms with E-state index >= 15 is 0 Å². The zero-order valence-electron chi connectivity index (χ0n) is 13.1. The molecule has 0 saturated heterocycles. The first-order valence-electron chi connectivity index (χ1n) is 7.06. The summed E-state index contributed by atoms with van der Waals surface area (Å²) in [5.74, 6) is 0. The van der Waals surface area contributed by atoms with E-state index in [2.05, 4.69) is 16.0 Å². The van der Waals surface area contributed by atoms with Crippen LogP contribution in [-0.4, -0.2) is 20.8 Å². The number of benzene rings is 2. The number of nitrogens with zero attached hydrogens (tertiary/aromatic N) is 2. The van der Waals surface area contributed by atoms with Gasteiger partial charge in [0.1, 0.15) is 0 Å². The van der Waals surface area contributed by atoms with Gasteiger partial charge in [0.25, 0.3) is 10.0 Å². The molecular formula is C18H18N2O2S. The van der Waals surface area contributed by atoms with Crippen molar-refractivity contribution in [1.29, 1.82) is 0 Å². The summed E-state index contributed by atoms with van der Waals surface area (Å²) in [5, 5.41) is 0. The number of para-hydroxylation sites is 1. The van der Waals surface area contributed by atoms with Crippen LogP contribution in [-0.2, 0) is 10.0 Å².